The third-order valence-electron chi connectivity index (χ3n) is 4.41. The molecule has 3 fully saturated rings. The van der Waals surface area contributed by atoms with E-state index in [0.29, 0.717) is 25.8 Å². The van der Waals surface area contributed by atoms with Gasteiger partial charge in [-0.25, -0.2) is 4.79 Å². The Kier molecular flexibility index (Phi) is 2.92. The van der Waals surface area contributed by atoms with Crippen molar-refractivity contribution in [1.82, 2.24) is 5.32 Å². The molecule has 0 aliphatic heterocycles. The van der Waals surface area contributed by atoms with Crippen LogP contribution in [0, 0.1) is 10.8 Å². The minimum Gasteiger partial charge on any atom is -0.481 e. The van der Waals surface area contributed by atoms with Crippen LogP contribution in [0.5, 0.6) is 0 Å². The average Bonchev–Trinajstić information content (AvgIpc) is 2.34. The number of hydrogen-bond donors (Lipinski definition) is 2. The molecular formula is C15H17NO4. The zero-order valence-electron chi connectivity index (χ0n) is 11.1. The van der Waals surface area contributed by atoms with Gasteiger partial charge in [0.05, 0.1) is 5.41 Å². The normalized spacial score (nSPS) is 29.8. The summed E-state index contributed by atoms with van der Waals surface area (Å²) in [6, 6.07) is 9.48. The number of benzene rings is 1. The molecule has 3 saturated carbocycles. The number of carboxylic acids is 1. The van der Waals surface area contributed by atoms with Crippen molar-refractivity contribution in [3.8, 4) is 0 Å². The van der Waals surface area contributed by atoms with Gasteiger partial charge in [-0.15, -0.1) is 0 Å². The smallest absolute Gasteiger partial charge is 0.407 e. The topological polar surface area (TPSA) is 75.6 Å². The minimum atomic E-state index is -0.703. The first-order valence-electron chi connectivity index (χ1n) is 6.72. The van der Waals surface area contributed by atoms with E-state index in [9.17, 15) is 9.59 Å². The van der Waals surface area contributed by atoms with E-state index in [1.54, 1.807) is 0 Å². The van der Waals surface area contributed by atoms with Crippen LogP contribution in [0.4, 0.5) is 4.79 Å². The molecule has 2 bridgehead atoms. The van der Waals surface area contributed by atoms with E-state index in [0.717, 1.165) is 5.56 Å². The van der Waals surface area contributed by atoms with Gasteiger partial charge in [0.2, 0.25) is 0 Å². The molecule has 0 unspecified atom stereocenters. The number of amides is 1. The van der Waals surface area contributed by atoms with Crippen molar-refractivity contribution < 1.29 is 19.4 Å². The van der Waals surface area contributed by atoms with E-state index >= 15 is 0 Å². The Morgan fingerprint density at radius 2 is 1.85 bits per heavy atom. The van der Waals surface area contributed by atoms with Gasteiger partial charge in [-0.05, 0) is 30.2 Å². The van der Waals surface area contributed by atoms with Gasteiger partial charge in [0, 0.05) is 6.54 Å². The van der Waals surface area contributed by atoms with E-state index in [2.05, 4.69) is 5.32 Å². The van der Waals surface area contributed by atoms with Crippen LogP contribution in [-0.4, -0.2) is 23.7 Å². The Labute approximate surface area is 116 Å². The molecule has 0 heterocycles. The lowest BCUT2D eigenvalue weighted by molar-refractivity contribution is -0.220. The van der Waals surface area contributed by atoms with E-state index in [1.165, 1.54) is 0 Å². The van der Waals surface area contributed by atoms with Crippen LogP contribution in [0.1, 0.15) is 24.8 Å². The molecular weight excluding hydrogens is 258 g/mol. The Hall–Kier alpha value is -2.04. The number of ether oxygens (including phenoxy) is 1. The molecule has 3 aliphatic rings. The third-order valence-corrected chi connectivity index (χ3v) is 4.41. The molecule has 0 spiro atoms. The predicted molar refractivity (Wildman–Crippen MR) is 71.0 cm³/mol. The summed E-state index contributed by atoms with van der Waals surface area (Å²) in [4.78, 5) is 22.6. The second kappa shape index (κ2) is 4.51. The zero-order valence-corrected chi connectivity index (χ0v) is 11.1. The lowest BCUT2D eigenvalue weighted by Gasteiger charge is -2.68. The highest BCUT2D eigenvalue weighted by Gasteiger charge is 2.71. The van der Waals surface area contributed by atoms with E-state index in [1.807, 2.05) is 30.3 Å². The average molecular weight is 275 g/mol. The van der Waals surface area contributed by atoms with Crippen molar-refractivity contribution in [3.63, 3.8) is 0 Å². The number of hydrogen-bond acceptors (Lipinski definition) is 3. The Balaban J connectivity index is 1.38. The molecule has 4 rings (SSSR count). The maximum Gasteiger partial charge on any atom is 0.407 e. The number of carbonyl (C=O) groups excluding carboxylic acids is 1. The first-order valence-corrected chi connectivity index (χ1v) is 6.72. The number of aliphatic carboxylic acids is 1. The van der Waals surface area contributed by atoms with E-state index < -0.39 is 17.5 Å². The molecule has 0 saturated heterocycles. The molecule has 20 heavy (non-hydrogen) atoms. The highest BCUT2D eigenvalue weighted by atomic mass is 16.5. The summed E-state index contributed by atoms with van der Waals surface area (Å²) in [5.74, 6) is -0.703. The number of carbonyl (C=O) groups is 2. The second-order valence-electron chi connectivity index (χ2n) is 6.03. The molecule has 0 radical (unpaired) electrons. The van der Waals surface area contributed by atoms with Gasteiger partial charge in [-0.3, -0.25) is 4.79 Å². The van der Waals surface area contributed by atoms with Crippen molar-refractivity contribution in [2.24, 2.45) is 10.8 Å². The summed E-state index contributed by atoms with van der Waals surface area (Å²) in [6.07, 6.45) is 1.58. The molecule has 5 heteroatoms. The highest BCUT2D eigenvalue weighted by molar-refractivity contribution is 5.79. The summed E-state index contributed by atoms with van der Waals surface area (Å²) in [5, 5.41) is 11.8. The monoisotopic (exact) mass is 275 g/mol. The van der Waals surface area contributed by atoms with Gasteiger partial charge in [-0.2, -0.15) is 0 Å². The summed E-state index contributed by atoms with van der Waals surface area (Å²) in [5.41, 5.74) is 0.456. The fourth-order valence-electron chi connectivity index (χ4n) is 3.45. The van der Waals surface area contributed by atoms with E-state index in [4.69, 9.17) is 9.84 Å². The summed E-state index contributed by atoms with van der Waals surface area (Å²) >= 11 is 0. The van der Waals surface area contributed by atoms with E-state index in [-0.39, 0.29) is 12.0 Å². The largest absolute Gasteiger partial charge is 0.481 e. The number of carboxylic acid groups (broad SMARTS) is 1. The Bertz CT molecular complexity index is 520. The van der Waals surface area contributed by atoms with Crippen molar-refractivity contribution in [2.75, 3.05) is 6.54 Å². The molecule has 1 amide bonds. The molecule has 1 aromatic rings. The summed E-state index contributed by atoms with van der Waals surface area (Å²) in [6.45, 7) is 0.758. The predicted octanol–water partition coefficient (Wildman–Crippen LogP) is 2.17. The van der Waals surface area contributed by atoms with Crippen LogP contribution in [-0.2, 0) is 16.1 Å². The van der Waals surface area contributed by atoms with Gasteiger partial charge in [0.15, 0.2) is 0 Å². The lowest BCUT2D eigenvalue weighted by Crippen LogP contribution is -2.68. The van der Waals surface area contributed by atoms with Crippen molar-refractivity contribution in [2.45, 2.75) is 25.9 Å². The van der Waals surface area contributed by atoms with Gasteiger partial charge < -0.3 is 15.2 Å². The van der Waals surface area contributed by atoms with Crippen LogP contribution in [0.25, 0.3) is 0 Å². The Morgan fingerprint density at radius 1 is 1.20 bits per heavy atom. The van der Waals surface area contributed by atoms with Crippen LogP contribution < -0.4 is 5.32 Å². The number of alkyl carbamates (subject to hydrolysis) is 1. The molecule has 0 atom stereocenters. The van der Waals surface area contributed by atoms with Gasteiger partial charge in [0.25, 0.3) is 0 Å². The van der Waals surface area contributed by atoms with Gasteiger partial charge in [-0.1, -0.05) is 30.3 Å². The zero-order chi connectivity index (χ0) is 14.2. The first-order chi connectivity index (χ1) is 9.54. The van der Waals surface area contributed by atoms with Crippen molar-refractivity contribution in [1.29, 1.82) is 0 Å². The van der Waals surface area contributed by atoms with Crippen LogP contribution >= 0.6 is 0 Å². The fraction of sp³-hybridized carbons (Fsp3) is 0.467. The van der Waals surface area contributed by atoms with Crippen LogP contribution in [0.2, 0.25) is 0 Å². The van der Waals surface area contributed by atoms with Gasteiger partial charge >= 0.3 is 12.1 Å². The fourth-order valence-corrected chi connectivity index (χ4v) is 3.45. The second-order valence-corrected chi connectivity index (χ2v) is 6.03. The quantitative estimate of drug-likeness (QED) is 0.863. The standard InChI is InChI=1S/C15H17NO4/c17-12(18)15-7-14(8-15,9-15)10-16-13(19)20-6-11-4-2-1-3-5-11/h1-5H,6-10H2,(H,16,19)(H,17,18). The maximum absolute atomic E-state index is 11.6. The summed E-state index contributed by atoms with van der Waals surface area (Å²) < 4.78 is 5.12. The summed E-state index contributed by atoms with van der Waals surface area (Å²) in [7, 11) is 0. The lowest BCUT2D eigenvalue weighted by atomic mass is 9.35. The molecule has 2 N–H and O–H groups in total. The molecule has 0 aromatic heterocycles. The van der Waals surface area contributed by atoms with Crippen LogP contribution in [0.3, 0.4) is 0 Å². The minimum absolute atomic E-state index is 0.00412. The molecule has 5 nitrogen and oxygen atoms in total. The van der Waals surface area contributed by atoms with Crippen molar-refractivity contribution >= 4 is 12.1 Å². The third kappa shape index (κ3) is 2.13. The first kappa shape index (κ1) is 13.0. The molecule has 3 aliphatic carbocycles. The molecule has 106 valence electrons. The molecule has 1 aromatic carbocycles. The highest BCUT2D eigenvalue weighted by Crippen LogP contribution is 2.73. The maximum atomic E-state index is 11.6. The van der Waals surface area contributed by atoms with Gasteiger partial charge in [0.1, 0.15) is 6.61 Å². The van der Waals surface area contributed by atoms with Crippen molar-refractivity contribution in [3.05, 3.63) is 35.9 Å². The van der Waals surface area contributed by atoms with Crippen LogP contribution in [0.15, 0.2) is 30.3 Å². The Morgan fingerprint density at radius 3 is 2.45 bits per heavy atom. The SMILES string of the molecule is O=C(NCC12CC(C(=O)O)(C1)C2)OCc1ccccc1. The number of rotatable bonds is 5. The number of nitrogens with one attached hydrogen (secondary N) is 1.